The average molecular weight is 316 g/mol. The normalized spacial score (nSPS) is 17.4. The Bertz CT molecular complexity index is 830. The SMILES string of the molecule is C[N+]1=C(C2=[N+](C)N=[N+](c3ccccc3)[C]2)[C][N+](c2ccccc2)=N1. The Morgan fingerprint density at radius 1 is 0.625 bits per heavy atom. The predicted molar refractivity (Wildman–Crippen MR) is 86.4 cm³/mol. The Kier molecular flexibility index (Phi) is 3.57. The monoisotopic (exact) mass is 316 g/mol. The first-order chi connectivity index (χ1) is 11.7. The lowest BCUT2D eigenvalue weighted by molar-refractivity contribution is -0.633. The third-order valence-electron chi connectivity index (χ3n) is 3.74. The van der Waals surface area contributed by atoms with E-state index in [1.807, 2.05) is 74.8 Å². The summed E-state index contributed by atoms with van der Waals surface area (Å²) in [5, 5.41) is 8.98. The summed E-state index contributed by atoms with van der Waals surface area (Å²) in [6, 6.07) is 19.8. The lowest BCUT2D eigenvalue weighted by Crippen LogP contribution is -2.26. The first-order valence-corrected chi connectivity index (χ1v) is 7.61. The van der Waals surface area contributed by atoms with Gasteiger partial charge in [-0.05, 0) is 9.37 Å². The van der Waals surface area contributed by atoms with Gasteiger partial charge in [0, 0.05) is 33.7 Å². The van der Waals surface area contributed by atoms with Crippen molar-refractivity contribution in [3.8, 4) is 0 Å². The molecule has 6 nitrogen and oxygen atoms in total. The van der Waals surface area contributed by atoms with Crippen molar-refractivity contribution < 1.29 is 18.8 Å². The maximum atomic E-state index is 4.49. The topological polar surface area (TPSA) is 36.8 Å². The summed E-state index contributed by atoms with van der Waals surface area (Å²) in [6.07, 6.45) is 0. The van der Waals surface area contributed by atoms with Crippen molar-refractivity contribution in [1.82, 2.24) is 0 Å². The average Bonchev–Trinajstić information content (AvgIpc) is 3.19. The van der Waals surface area contributed by atoms with Crippen LogP contribution >= 0.6 is 0 Å². The van der Waals surface area contributed by atoms with Gasteiger partial charge >= 0.3 is 24.5 Å². The van der Waals surface area contributed by atoms with Gasteiger partial charge in [0.05, 0.1) is 0 Å². The lowest BCUT2D eigenvalue weighted by atomic mass is 10.2. The lowest BCUT2D eigenvalue weighted by Gasteiger charge is -1.86. The van der Waals surface area contributed by atoms with Crippen LogP contribution in [0.15, 0.2) is 71.1 Å². The van der Waals surface area contributed by atoms with Crippen LogP contribution in [0.5, 0.6) is 0 Å². The van der Waals surface area contributed by atoms with E-state index in [4.69, 9.17) is 0 Å². The molecular formula is C18H16N6+4. The second kappa shape index (κ2) is 5.88. The van der Waals surface area contributed by atoms with Crippen LogP contribution in [0.25, 0.3) is 0 Å². The summed E-state index contributed by atoms with van der Waals surface area (Å²) in [4.78, 5) is 0. The van der Waals surface area contributed by atoms with Crippen molar-refractivity contribution in [2.24, 2.45) is 10.4 Å². The smallest absolute Gasteiger partial charge is 0.0618 e. The van der Waals surface area contributed by atoms with Gasteiger partial charge in [0.25, 0.3) is 10.4 Å². The molecule has 0 aromatic heterocycles. The van der Waals surface area contributed by atoms with Crippen LogP contribution in [0.3, 0.4) is 0 Å². The van der Waals surface area contributed by atoms with Crippen molar-refractivity contribution in [3.63, 3.8) is 0 Å². The summed E-state index contributed by atoms with van der Waals surface area (Å²) in [5.41, 5.74) is 3.53. The molecule has 4 rings (SSSR count). The largest absolute Gasteiger partial charge is 0.460 e. The van der Waals surface area contributed by atoms with E-state index in [1.165, 1.54) is 0 Å². The number of para-hydroxylation sites is 2. The highest BCUT2D eigenvalue weighted by molar-refractivity contribution is 6.43. The van der Waals surface area contributed by atoms with Crippen molar-refractivity contribution in [1.29, 1.82) is 0 Å². The second-order valence-electron chi connectivity index (χ2n) is 5.44. The van der Waals surface area contributed by atoms with E-state index < -0.39 is 0 Å². The van der Waals surface area contributed by atoms with Crippen molar-refractivity contribution in [2.75, 3.05) is 14.1 Å². The van der Waals surface area contributed by atoms with Crippen LogP contribution in [-0.4, -0.2) is 44.3 Å². The zero-order chi connectivity index (χ0) is 16.5. The Balaban J connectivity index is 1.57. The highest BCUT2D eigenvalue weighted by atomic mass is 15.6. The fourth-order valence-corrected chi connectivity index (χ4v) is 2.53. The quantitative estimate of drug-likeness (QED) is 0.781. The maximum Gasteiger partial charge on any atom is 0.460 e. The fraction of sp³-hybridized carbons (Fsp3) is 0.111. The molecule has 0 fully saturated rings. The van der Waals surface area contributed by atoms with E-state index in [1.54, 1.807) is 18.8 Å². The van der Waals surface area contributed by atoms with E-state index >= 15 is 0 Å². The third kappa shape index (κ3) is 2.56. The zero-order valence-electron chi connectivity index (χ0n) is 13.5. The fourth-order valence-electron chi connectivity index (χ4n) is 2.53. The molecule has 0 bridgehead atoms. The summed E-state index contributed by atoms with van der Waals surface area (Å²) < 4.78 is 7.00. The van der Waals surface area contributed by atoms with Gasteiger partial charge in [0.15, 0.2) is 14.1 Å². The number of rotatable bonds is 3. The van der Waals surface area contributed by atoms with Crippen LogP contribution in [0.2, 0.25) is 0 Å². The number of nitrogens with zero attached hydrogens (tertiary/aromatic N) is 6. The van der Waals surface area contributed by atoms with Gasteiger partial charge in [-0.1, -0.05) is 36.4 Å². The van der Waals surface area contributed by atoms with E-state index in [0.717, 1.165) is 22.8 Å². The Hall–Kier alpha value is -3.02. The molecule has 0 aliphatic carbocycles. The Morgan fingerprint density at radius 3 is 1.38 bits per heavy atom. The molecule has 24 heavy (non-hydrogen) atoms. The first kappa shape index (κ1) is 14.6. The van der Waals surface area contributed by atoms with Crippen LogP contribution < -0.4 is 0 Å². The zero-order valence-corrected chi connectivity index (χ0v) is 13.5. The molecule has 0 spiro atoms. The standard InChI is InChI=1S/C18H16N6/c1-21-17(13-23(19-21)15-9-5-3-6-10-15)18-14-24(20-22(18)2)16-11-7-4-8-12-16/h3-12H,1-2H3/q+4. The molecule has 4 radical (unpaired) electrons. The molecule has 2 aliphatic heterocycles. The van der Waals surface area contributed by atoms with Crippen LogP contribution in [0.1, 0.15) is 0 Å². The molecule has 2 aromatic rings. The minimum Gasteiger partial charge on any atom is -0.0618 e. The molecule has 0 N–H and O–H groups in total. The summed E-state index contributed by atoms with van der Waals surface area (Å²) in [6.45, 7) is 6.57. The molecular weight excluding hydrogens is 300 g/mol. The van der Waals surface area contributed by atoms with Crippen LogP contribution in [0, 0.1) is 13.1 Å². The van der Waals surface area contributed by atoms with E-state index in [9.17, 15) is 0 Å². The highest BCUT2D eigenvalue weighted by Crippen LogP contribution is 2.21. The van der Waals surface area contributed by atoms with Crippen LogP contribution in [0.4, 0.5) is 11.4 Å². The Labute approximate surface area is 140 Å². The molecule has 2 aliphatic rings. The molecule has 2 heterocycles. The van der Waals surface area contributed by atoms with E-state index in [-0.39, 0.29) is 0 Å². The number of hydrogen-bond donors (Lipinski definition) is 0. The second-order valence-corrected chi connectivity index (χ2v) is 5.44. The molecule has 2 aromatic carbocycles. The maximum absolute atomic E-state index is 4.49. The molecule has 114 valence electrons. The van der Waals surface area contributed by atoms with Gasteiger partial charge in [-0.2, -0.15) is 0 Å². The van der Waals surface area contributed by atoms with Gasteiger partial charge in [-0.15, -0.1) is 0 Å². The molecule has 6 heteroatoms. The Morgan fingerprint density at radius 2 is 1.00 bits per heavy atom. The first-order valence-electron chi connectivity index (χ1n) is 7.61. The molecule has 0 atom stereocenters. The van der Waals surface area contributed by atoms with Gasteiger partial charge in [-0.3, -0.25) is 0 Å². The molecule has 0 amide bonds. The minimum absolute atomic E-state index is 0.809. The highest BCUT2D eigenvalue weighted by Gasteiger charge is 2.52. The summed E-state index contributed by atoms with van der Waals surface area (Å²) in [5.74, 6) is 0. The predicted octanol–water partition coefficient (Wildman–Crippen LogP) is 2.68. The van der Waals surface area contributed by atoms with Crippen molar-refractivity contribution in [2.45, 2.75) is 0 Å². The third-order valence-corrected chi connectivity index (χ3v) is 3.74. The van der Waals surface area contributed by atoms with Crippen molar-refractivity contribution >= 4 is 22.8 Å². The minimum atomic E-state index is 0.809. The van der Waals surface area contributed by atoms with Gasteiger partial charge in [0.2, 0.25) is 11.4 Å². The van der Waals surface area contributed by atoms with Gasteiger partial charge < -0.3 is 0 Å². The van der Waals surface area contributed by atoms with Gasteiger partial charge in [0.1, 0.15) is 0 Å². The van der Waals surface area contributed by atoms with Crippen LogP contribution in [-0.2, 0) is 0 Å². The molecule has 0 unspecified atom stereocenters. The summed E-state index contributed by atoms with van der Waals surface area (Å²) >= 11 is 0. The van der Waals surface area contributed by atoms with Gasteiger partial charge in [-0.25, -0.2) is 0 Å². The number of hydrogen-bond acceptors (Lipinski definition) is 2. The summed E-state index contributed by atoms with van der Waals surface area (Å²) in [7, 11) is 3.78. The van der Waals surface area contributed by atoms with E-state index in [2.05, 4.69) is 23.5 Å². The van der Waals surface area contributed by atoms with Crippen molar-refractivity contribution in [3.05, 3.63) is 73.8 Å². The molecule has 0 saturated carbocycles. The number of benzene rings is 2. The molecule has 0 saturated heterocycles. The van der Waals surface area contributed by atoms with E-state index in [0.29, 0.717) is 0 Å².